The Balaban J connectivity index is 1.21. The molecule has 0 bridgehead atoms. The standard InChI is InChI=1S/C30H57NO6/c1-4-10-28(11-5-1)35-25-22-32-19-16-31(17-20-33-23-26-36-29-12-6-2-7-13-29)18-21-34-24-27-37-30-14-8-3-9-15-30/h28-30H,1-27H2. The van der Waals surface area contributed by atoms with Crippen molar-refractivity contribution in [1.82, 2.24) is 4.90 Å². The first-order valence-corrected chi connectivity index (χ1v) is 15.7. The van der Waals surface area contributed by atoms with Gasteiger partial charge in [0.05, 0.1) is 77.8 Å². The van der Waals surface area contributed by atoms with Gasteiger partial charge in [0.25, 0.3) is 0 Å². The minimum Gasteiger partial charge on any atom is -0.378 e. The maximum atomic E-state index is 5.98. The highest BCUT2D eigenvalue weighted by Gasteiger charge is 2.15. The molecular formula is C30H57NO6. The molecule has 0 aromatic carbocycles. The zero-order valence-electron chi connectivity index (χ0n) is 23.7. The lowest BCUT2D eigenvalue weighted by Crippen LogP contribution is -2.34. The number of nitrogens with zero attached hydrogens (tertiary/aromatic N) is 1. The highest BCUT2D eigenvalue weighted by molar-refractivity contribution is 4.66. The van der Waals surface area contributed by atoms with Gasteiger partial charge in [0.15, 0.2) is 0 Å². The third kappa shape index (κ3) is 15.8. The van der Waals surface area contributed by atoms with Crippen LogP contribution in [-0.4, -0.2) is 102 Å². The average Bonchev–Trinajstić information content (AvgIpc) is 2.95. The molecule has 3 saturated carbocycles. The number of hydrogen-bond donors (Lipinski definition) is 0. The lowest BCUT2D eigenvalue weighted by Gasteiger charge is -2.24. The van der Waals surface area contributed by atoms with E-state index in [2.05, 4.69) is 4.90 Å². The fourth-order valence-electron chi connectivity index (χ4n) is 5.74. The van der Waals surface area contributed by atoms with Gasteiger partial charge in [-0.2, -0.15) is 0 Å². The van der Waals surface area contributed by atoms with Crippen molar-refractivity contribution in [2.75, 3.05) is 79.1 Å². The van der Waals surface area contributed by atoms with Crippen LogP contribution in [0.4, 0.5) is 0 Å². The molecule has 3 aliphatic carbocycles. The van der Waals surface area contributed by atoms with Gasteiger partial charge in [0, 0.05) is 19.6 Å². The van der Waals surface area contributed by atoms with Crippen molar-refractivity contribution in [1.29, 1.82) is 0 Å². The Morgan fingerprint density at radius 2 is 0.649 bits per heavy atom. The molecule has 37 heavy (non-hydrogen) atoms. The number of rotatable bonds is 21. The van der Waals surface area contributed by atoms with Gasteiger partial charge in [-0.1, -0.05) is 57.8 Å². The second kappa shape index (κ2) is 21.5. The van der Waals surface area contributed by atoms with Crippen molar-refractivity contribution in [2.45, 2.75) is 115 Å². The van der Waals surface area contributed by atoms with E-state index in [1.165, 1.54) is 96.3 Å². The summed E-state index contributed by atoms with van der Waals surface area (Å²) >= 11 is 0. The van der Waals surface area contributed by atoms with Gasteiger partial charge in [-0.05, 0) is 38.5 Å². The Bertz CT molecular complexity index is 435. The van der Waals surface area contributed by atoms with Crippen LogP contribution in [0.3, 0.4) is 0 Å². The van der Waals surface area contributed by atoms with Crippen LogP contribution in [0.15, 0.2) is 0 Å². The van der Waals surface area contributed by atoms with Crippen LogP contribution in [0.5, 0.6) is 0 Å². The van der Waals surface area contributed by atoms with Crippen molar-refractivity contribution in [3.8, 4) is 0 Å². The van der Waals surface area contributed by atoms with E-state index in [9.17, 15) is 0 Å². The monoisotopic (exact) mass is 527 g/mol. The zero-order chi connectivity index (χ0) is 25.6. The Kier molecular flexibility index (Phi) is 18.2. The molecular weight excluding hydrogens is 470 g/mol. The van der Waals surface area contributed by atoms with E-state index in [4.69, 9.17) is 28.4 Å². The van der Waals surface area contributed by atoms with Crippen molar-refractivity contribution >= 4 is 0 Å². The Labute approximate surface area is 227 Å². The fraction of sp³-hybridized carbons (Fsp3) is 1.00. The van der Waals surface area contributed by atoms with E-state index in [1.54, 1.807) is 0 Å². The van der Waals surface area contributed by atoms with Crippen LogP contribution < -0.4 is 0 Å². The van der Waals surface area contributed by atoms with Crippen molar-refractivity contribution in [3.63, 3.8) is 0 Å². The molecule has 0 spiro atoms. The summed E-state index contributed by atoms with van der Waals surface area (Å²) in [6, 6.07) is 0. The first-order chi connectivity index (χ1) is 18.4. The van der Waals surface area contributed by atoms with Crippen LogP contribution in [0.1, 0.15) is 96.3 Å². The van der Waals surface area contributed by atoms with E-state index >= 15 is 0 Å². The van der Waals surface area contributed by atoms with Crippen LogP contribution in [0, 0.1) is 0 Å². The summed E-state index contributed by atoms with van der Waals surface area (Å²) in [6.45, 7) is 8.93. The first kappa shape index (κ1) is 31.3. The minimum atomic E-state index is 0.451. The average molecular weight is 528 g/mol. The topological polar surface area (TPSA) is 58.6 Å². The van der Waals surface area contributed by atoms with Gasteiger partial charge in [-0.25, -0.2) is 0 Å². The minimum absolute atomic E-state index is 0.451. The zero-order valence-corrected chi connectivity index (χ0v) is 23.7. The highest BCUT2D eigenvalue weighted by atomic mass is 16.5. The molecule has 0 saturated heterocycles. The summed E-state index contributed by atoms with van der Waals surface area (Å²) in [4.78, 5) is 2.38. The van der Waals surface area contributed by atoms with E-state index in [-0.39, 0.29) is 0 Å². The van der Waals surface area contributed by atoms with Crippen molar-refractivity contribution in [2.24, 2.45) is 0 Å². The van der Waals surface area contributed by atoms with Crippen LogP contribution in [-0.2, 0) is 28.4 Å². The van der Waals surface area contributed by atoms with Gasteiger partial charge >= 0.3 is 0 Å². The van der Waals surface area contributed by atoms with Crippen molar-refractivity contribution in [3.05, 3.63) is 0 Å². The quantitative estimate of drug-likeness (QED) is 0.186. The summed E-state index contributed by atoms with van der Waals surface area (Å²) in [5.74, 6) is 0. The van der Waals surface area contributed by atoms with Crippen molar-refractivity contribution < 1.29 is 28.4 Å². The molecule has 0 atom stereocenters. The molecule has 0 aliphatic heterocycles. The summed E-state index contributed by atoms with van der Waals surface area (Å²) < 4.78 is 35.6. The first-order valence-electron chi connectivity index (χ1n) is 15.7. The smallest absolute Gasteiger partial charge is 0.0704 e. The third-order valence-electron chi connectivity index (χ3n) is 8.06. The summed E-state index contributed by atoms with van der Waals surface area (Å²) in [6.07, 6.45) is 20.6. The summed E-state index contributed by atoms with van der Waals surface area (Å²) in [7, 11) is 0. The molecule has 7 heteroatoms. The van der Waals surface area contributed by atoms with E-state index in [0.717, 1.165) is 19.6 Å². The van der Waals surface area contributed by atoms with E-state index < -0.39 is 0 Å². The summed E-state index contributed by atoms with van der Waals surface area (Å²) in [5.41, 5.74) is 0. The van der Waals surface area contributed by atoms with E-state index in [1.807, 2.05) is 0 Å². The molecule has 3 aliphatic rings. The molecule has 7 nitrogen and oxygen atoms in total. The maximum Gasteiger partial charge on any atom is 0.0704 e. The maximum absolute atomic E-state index is 5.98. The van der Waals surface area contributed by atoms with Crippen LogP contribution in [0.2, 0.25) is 0 Å². The largest absolute Gasteiger partial charge is 0.378 e. The van der Waals surface area contributed by atoms with Gasteiger partial charge in [0.2, 0.25) is 0 Å². The molecule has 0 aromatic heterocycles. The molecule has 0 N–H and O–H groups in total. The predicted molar refractivity (Wildman–Crippen MR) is 147 cm³/mol. The fourth-order valence-corrected chi connectivity index (χ4v) is 5.74. The number of ether oxygens (including phenoxy) is 6. The third-order valence-corrected chi connectivity index (χ3v) is 8.06. The Hall–Kier alpha value is -0.280. The molecule has 0 heterocycles. The van der Waals surface area contributed by atoms with E-state index in [0.29, 0.717) is 77.8 Å². The summed E-state index contributed by atoms with van der Waals surface area (Å²) in [5, 5.41) is 0. The molecule has 0 unspecified atom stereocenters. The highest BCUT2D eigenvalue weighted by Crippen LogP contribution is 2.21. The second-order valence-corrected chi connectivity index (χ2v) is 11.1. The molecule has 0 aromatic rings. The lowest BCUT2D eigenvalue weighted by atomic mass is 9.98. The molecule has 0 radical (unpaired) electrons. The van der Waals surface area contributed by atoms with Gasteiger partial charge in [0.1, 0.15) is 0 Å². The van der Waals surface area contributed by atoms with Crippen LogP contribution >= 0.6 is 0 Å². The second-order valence-electron chi connectivity index (χ2n) is 11.1. The van der Waals surface area contributed by atoms with Gasteiger partial charge in [-0.15, -0.1) is 0 Å². The molecule has 0 amide bonds. The normalized spacial score (nSPS) is 20.7. The SMILES string of the molecule is C1CCC(OCCOCCN(CCOCCOC2CCCCC2)CCOCCOC2CCCCC2)CC1. The van der Waals surface area contributed by atoms with Gasteiger partial charge < -0.3 is 28.4 Å². The molecule has 218 valence electrons. The lowest BCUT2D eigenvalue weighted by molar-refractivity contribution is -0.0262. The number of hydrogen-bond acceptors (Lipinski definition) is 7. The molecule has 3 rings (SSSR count). The Morgan fingerprint density at radius 1 is 0.351 bits per heavy atom. The van der Waals surface area contributed by atoms with Gasteiger partial charge in [-0.3, -0.25) is 4.90 Å². The molecule has 3 fully saturated rings. The predicted octanol–water partition coefficient (Wildman–Crippen LogP) is 5.39. The van der Waals surface area contributed by atoms with Crippen LogP contribution in [0.25, 0.3) is 0 Å². The Morgan fingerprint density at radius 3 is 0.946 bits per heavy atom.